The number of rotatable bonds is 4. The predicted octanol–water partition coefficient (Wildman–Crippen LogP) is 3.58. The highest BCUT2D eigenvalue weighted by atomic mass is 79.9. The molecule has 108 valence electrons. The molecule has 0 atom stereocenters. The van der Waals surface area contributed by atoms with E-state index in [1.807, 2.05) is 6.07 Å². The van der Waals surface area contributed by atoms with Crippen molar-refractivity contribution in [2.45, 2.75) is 45.1 Å². The van der Waals surface area contributed by atoms with Crippen molar-refractivity contribution < 1.29 is 9.53 Å². The van der Waals surface area contributed by atoms with Gasteiger partial charge < -0.3 is 10.1 Å². The lowest BCUT2D eigenvalue weighted by Crippen LogP contribution is -2.24. The van der Waals surface area contributed by atoms with Crippen molar-refractivity contribution in [1.82, 2.24) is 5.32 Å². The molecule has 0 bridgehead atoms. The van der Waals surface area contributed by atoms with Crippen molar-refractivity contribution in [3.05, 3.63) is 27.7 Å². The Bertz CT molecular complexity index is 509. The maximum atomic E-state index is 12.0. The molecule has 0 aromatic heterocycles. The lowest BCUT2D eigenvalue weighted by molar-refractivity contribution is -0.122. The van der Waals surface area contributed by atoms with E-state index in [-0.39, 0.29) is 5.91 Å². The fourth-order valence-electron chi connectivity index (χ4n) is 3.22. The zero-order chi connectivity index (χ0) is 13.9. The van der Waals surface area contributed by atoms with Crippen molar-refractivity contribution in [2.75, 3.05) is 6.61 Å². The van der Waals surface area contributed by atoms with Crippen LogP contribution in [-0.2, 0) is 17.8 Å². The molecule has 1 N–H and O–H groups in total. The highest BCUT2D eigenvalue weighted by Crippen LogP contribution is 2.33. The lowest BCUT2D eigenvalue weighted by atomic mass is 10.0. The summed E-state index contributed by atoms with van der Waals surface area (Å²) in [5.41, 5.74) is 2.31. The van der Waals surface area contributed by atoms with Crippen molar-refractivity contribution in [1.29, 1.82) is 0 Å². The third kappa shape index (κ3) is 3.17. The fourth-order valence-corrected chi connectivity index (χ4v) is 3.77. The van der Waals surface area contributed by atoms with E-state index in [4.69, 9.17) is 4.74 Å². The van der Waals surface area contributed by atoms with Crippen molar-refractivity contribution in [3.63, 3.8) is 0 Å². The minimum atomic E-state index is 0.170. The number of amides is 1. The van der Waals surface area contributed by atoms with Crippen LogP contribution in [0.25, 0.3) is 0 Å². The zero-order valence-corrected chi connectivity index (χ0v) is 13.2. The van der Waals surface area contributed by atoms with E-state index in [9.17, 15) is 4.79 Å². The number of ether oxygens (including phenoxy) is 1. The van der Waals surface area contributed by atoms with E-state index in [2.05, 4.69) is 27.3 Å². The van der Waals surface area contributed by atoms with Gasteiger partial charge in [0, 0.05) is 29.4 Å². The van der Waals surface area contributed by atoms with Crippen LogP contribution in [0, 0.1) is 5.92 Å². The van der Waals surface area contributed by atoms with Gasteiger partial charge in [-0.3, -0.25) is 4.79 Å². The van der Waals surface area contributed by atoms with Crippen molar-refractivity contribution >= 4 is 21.8 Å². The molecule has 0 unspecified atom stereocenters. The van der Waals surface area contributed by atoms with Crippen LogP contribution < -0.4 is 10.1 Å². The number of halogens is 1. The second-order valence-electron chi connectivity index (χ2n) is 5.78. The number of hydrogen-bond donors (Lipinski definition) is 1. The Hall–Kier alpha value is -1.03. The van der Waals surface area contributed by atoms with Gasteiger partial charge in [-0.05, 0) is 36.5 Å². The van der Waals surface area contributed by atoms with E-state index in [0.29, 0.717) is 18.9 Å². The summed E-state index contributed by atoms with van der Waals surface area (Å²) in [6, 6.07) is 4.15. The Morgan fingerprint density at radius 1 is 1.35 bits per heavy atom. The van der Waals surface area contributed by atoms with Gasteiger partial charge in [0.05, 0.1) is 6.61 Å². The lowest BCUT2D eigenvalue weighted by Gasteiger charge is -2.12. The van der Waals surface area contributed by atoms with Gasteiger partial charge in [-0.2, -0.15) is 0 Å². The number of carbonyl (C=O) groups is 1. The van der Waals surface area contributed by atoms with Crippen LogP contribution in [0.3, 0.4) is 0 Å². The molecule has 1 fully saturated rings. The van der Waals surface area contributed by atoms with Gasteiger partial charge in [0.25, 0.3) is 0 Å². The Kier molecular flexibility index (Phi) is 4.29. The molecule has 1 aromatic rings. The van der Waals surface area contributed by atoms with E-state index in [1.165, 1.54) is 31.2 Å². The normalized spacial score (nSPS) is 17.9. The van der Waals surface area contributed by atoms with Gasteiger partial charge in [-0.15, -0.1) is 0 Å². The van der Waals surface area contributed by atoms with Gasteiger partial charge >= 0.3 is 0 Å². The highest BCUT2D eigenvalue weighted by molar-refractivity contribution is 9.10. The predicted molar refractivity (Wildman–Crippen MR) is 81.8 cm³/mol. The van der Waals surface area contributed by atoms with E-state index < -0.39 is 0 Å². The topological polar surface area (TPSA) is 38.3 Å². The van der Waals surface area contributed by atoms with E-state index in [0.717, 1.165) is 28.8 Å². The Labute approximate surface area is 128 Å². The van der Waals surface area contributed by atoms with Crippen LogP contribution in [0.5, 0.6) is 5.75 Å². The van der Waals surface area contributed by atoms with Crippen LogP contribution in [0.1, 0.15) is 43.2 Å². The number of benzene rings is 1. The van der Waals surface area contributed by atoms with Crippen molar-refractivity contribution in [3.8, 4) is 5.75 Å². The standard InChI is InChI=1S/C16H20BrNO2/c17-14-8-12-5-6-20-16(12)13(9-14)10-18-15(19)7-11-3-1-2-4-11/h8-9,11H,1-7,10H2,(H,18,19). The molecule has 1 aliphatic carbocycles. The van der Waals surface area contributed by atoms with Crippen LogP contribution >= 0.6 is 15.9 Å². The van der Waals surface area contributed by atoms with Gasteiger partial charge in [-0.25, -0.2) is 0 Å². The second-order valence-corrected chi connectivity index (χ2v) is 6.70. The van der Waals surface area contributed by atoms with Gasteiger partial charge in [-0.1, -0.05) is 28.8 Å². The Balaban J connectivity index is 1.59. The molecule has 0 radical (unpaired) electrons. The molecule has 1 aliphatic heterocycles. The zero-order valence-electron chi connectivity index (χ0n) is 11.6. The first-order valence-corrected chi connectivity index (χ1v) is 8.22. The summed E-state index contributed by atoms with van der Waals surface area (Å²) < 4.78 is 6.74. The summed E-state index contributed by atoms with van der Waals surface area (Å²) in [6.07, 6.45) is 6.62. The third-order valence-corrected chi connectivity index (χ3v) is 4.71. The molecule has 0 saturated heterocycles. The largest absolute Gasteiger partial charge is 0.493 e. The molecule has 1 heterocycles. The van der Waals surface area contributed by atoms with Crippen LogP contribution in [0.2, 0.25) is 0 Å². The molecule has 1 amide bonds. The molecule has 1 aromatic carbocycles. The average Bonchev–Trinajstić information content (AvgIpc) is 3.06. The number of fused-ring (bicyclic) bond motifs is 1. The summed E-state index contributed by atoms with van der Waals surface area (Å²) >= 11 is 3.53. The summed E-state index contributed by atoms with van der Waals surface area (Å²) in [5, 5.41) is 3.04. The fraction of sp³-hybridized carbons (Fsp3) is 0.562. The average molecular weight is 338 g/mol. The molecule has 1 saturated carbocycles. The minimum absolute atomic E-state index is 0.170. The number of nitrogens with one attached hydrogen (secondary N) is 1. The molecular formula is C16H20BrNO2. The molecule has 0 spiro atoms. The first-order chi connectivity index (χ1) is 9.72. The Morgan fingerprint density at radius 2 is 2.15 bits per heavy atom. The van der Waals surface area contributed by atoms with E-state index >= 15 is 0 Å². The highest BCUT2D eigenvalue weighted by Gasteiger charge is 2.20. The number of carbonyl (C=O) groups excluding carboxylic acids is 1. The maximum absolute atomic E-state index is 12.0. The smallest absolute Gasteiger partial charge is 0.220 e. The molecule has 2 aliphatic rings. The summed E-state index contributed by atoms with van der Waals surface area (Å²) in [4.78, 5) is 12.0. The third-order valence-electron chi connectivity index (χ3n) is 4.25. The quantitative estimate of drug-likeness (QED) is 0.911. The molecule has 3 nitrogen and oxygen atoms in total. The first-order valence-electron chi connectivity index (χ1n) is 7.43. The summed E-state index contributed by atoms with van der Waals surface area (Å²) in [6.45, 7) is 1.31. The maximum Gasteiger partial charge on any atom is 0.220 e. The Morgan fingerprint density at radius 3 is 2.95 bits per heavy atom. The molecular weight excluding hydrogens is 318 g/mol. The minimum Gasteiger partial charge on any atom is -0.493 e. The number of hydrogen-bond acceptors (Lipinski definition) is 2. The van der Waals surface area contributed by atoms with Crippen LogP contribution in [0.15, 0.2) is 16.6 Å². The SMILES string of the molecule is O=C(CC1CCCC1)NCc1cc(Br)cc2c1OCC2. The van der Waals surface area contributed by atoms with Crippen LogP contribution in [-0.4, -0.2) is 12.5 Å². The summed E-state index contributed by atoms with van der Waals surface area (Å²) in [5.74, 6) is 1.73. The van der Waals surface area contributed by atoms with Gasteiger partial charge in [0.2, 0.25) is 5.91 Å². The summed E-state index contributed by atoms with van der Waals surface area (Å²) in [7, 11) is 0. The van der Waals surface area contributed by atoms with E-state index in [1.54, 1.807) is 0 Å². The second kappa shape index (κ2) is 6.17. The monoisotopic (exact) mass is 337 g/mol. The first kappa shape index (κ1) is 13.9. The van der Waals surface area contributed by atoms with Crippen LogP contribution in [0.4, 0.5) is 0 Å². The van der Waals surface area contributed by atoms with Crippen molar-refractivity contribution in [2.24, 2.45) is 5.92 Å². The molecule has 4 heteroatoms. The van der Waals surface area contributed by atoms with Gasteiger partial charge in [0.15, 0.2) is 0 Å². The van der Waals surface area contributed by atoms with Gasteiger partial charge in [0.1, 0.15) is 5.75 Å². The molecule has 20 heavy (non-hydrogen) atoms. The molecule has 3 rings (SSSR count).